The molecule has 1 aromatic carbocycles. The summed E-state index contributed by atoms with van der Waals surface area (Å²) in [6.45, 7) is 4.36. The highest BCUT2D eigenvalue weighted by molar-refractivity contribution is 5.14. The zero-order valence-corrected chi connectivity index (χ0v) is 7.66. The molecule has 0 bridgehead atoms. The summed E-state index contributed by atoms with van der Waals surface area (Å²) in [4.78, 5) is 0. The van der Waals surface area contributed by atoms with Gasteiger partial charge in [0.05, 0.1) is 6.17 Å². The summed E-state index contributed by atoms with van der Waals surface area (Å²) >= 11 is 0. The fourth-order valence-electron chi connectivity index (χ4n) is 1.10. The Morgan fingerprint density at radius 3 is 2.69 bits per heavy atom. The van der Waals surface area contributed by atoms with Gasteiger partial charge in [0, 0.05) is 6.54 Å². The molecule has 0 aliphatic rings. The Kier molecular flexibility index (Phi) is 4.23. The first kappa shape index (κ1) is 9.96. The van der Waals surface area contributed by atoms with Gasteiger partial charge < -0.3 is 0 Å². The summed E-state index contributed by atoms with van der Waals surface area (Å²) in [6.07, 6.45) is 2.21. The summed E-state index contributed by atoms with van der Waals surface area (Å²) in [5.74, 6) is 0. The van der Waals surface area contributed by atoms with E-state index in [1.807, 2.05) is 18.2 Å². The lowest BCUT2D eigenvalue weighted by Gasteiger charge is -2.07. The molecule has 1 unspecified atom stereocenters. The molecule has 0 saturated heterocycles. The van der Waals surface area contributed by atoms with Gasteiger partial charge in [0.25, 0.3) is 0 Å². The average molecular weight is 175 g/mol. The minimum Gasteiger partial charge on any atom is -0.297 e. The first-order chi connectivity index (χ1) is 6.33. The summed E-state index contributed by atoms with van der Waals surface area (Å²) in [7, 11) is 0. The minimum absolute atomic E-state index is 0.344. The van der Waals surface area contributed by atoms with Crippen LogP contribution in [0, 0.1) is 0 Å². The maximum atomic E-state index is 7.36. The number of nitrogens with one attached hydrogen (secondary N) is 2. The molecule has 0 heterocycles. The van der Waals surface area contributed by atoms with Crippen molar-refractivity contribution in [2.75, 3.05) is 6.54 Å². The van der Waals surface area contributed by atoms with E-state index in [-0.39, 0.29) is 6.17 Å². The van der Waals surface area contributed by atoms with Crippen LogP contribution in [0.2, 0.25) is 0 Å². The Bertz CT molecular complexity index is 244. The first-order valence-corrected chi connectivity index (χ1v) is 4.44. The molecule has 2 heteroatoms. The molecular weight excluding hydrogens is 160 g/mol. The fraction of sp³-hybridized carbons (Fsp3) is 0.273. The van der Waals surface area contributed by atoms with Crippen molar-refractivity contribution in [1.82, 2.24) is 11.1 Å². The maximum absolute atomic E-state index is 7.36. The van der Waals surface area contributed by atoms with Crippen molar-refractivity contribution in [2.45, 2.75) is 12.6 Å². The second-order valence-corrected chi connectivity index (χ2v) is 2.90. The van der Waals surface area contributed by atoms with E-state index in [9.17, 15) is 0 Å². The Hall–Kier alpha value is -1.12. The highest BCUT2D eigenvalue weighted by Crippen LogP contribution is 1.98. The predicted octanol–water partition coefficient (Wildman–Crippen LogP) is 1.61. The number of hydrogen-bond acceptors (Lipinski definition) is 1. The van der Waals surface area contributed by atoms with E-state index < -0.39 is 0 Å². The van der Waals surface area contributed by atoms with Crippen LogP contribution >= 0.6 is 0 Å². The Labute approximate surface area is 79.5 Å². The van der Waals surface area contributed by atoms with Crippen LogP contribution in [0.3, 0.4) is 0 Å². The second-order valence-electron chi connectivity index (χ2n) is 2.90. The first-order valence-electron chi connectivity index (χ1n) is 4.44. The molecule has 1 aromatic rings. The molecule has 0 aromatic heterocycles. The predicted molar refractivity (Wildman–Crippen MR) is 55.2 cm³/mol. The molecule has 1 radical (unpaired) electrons. The largest absolute Gasteiger partial charge is 0.297 e. The van der Waals surface area contributed by atoms with Crippen molar-refractivity contribution in [3.05, 3.63) is 48.6 Å². The van der Waals surface area contributed by atoms with E-state index in [1.165, 1.54) is 5.56 Å². The number of hydrogen-bond donors (Lipinski definition) is 1. The van der Waals surface area contributed by atoms with Crippen LogP contribution in [-0.4, -0.2) is 12.7 Å². The molecular formula is C11H15N2. The summed E-state index contributed by atoms with van der Waals surface area (Å²) in [6, 6.07) is 10.2. The SMILES string of the molecule is C=CC([NH])NCCc1ccccc1. The molecule has 2 nitrogen and oxygen atoms in total. The summed E-state index contributed by atoms with van der Waals surface area (Å²) in [5.41, 5.74) is 8.65. The number of rotatable bonds is 5. The van der Waals surface area contributed by atoms with Crippen molar-refractivity contribution in [3.8, 4) is 0 Å². The second kappa shape index (κ2) is 5.51. The molecule has 69 valence electrons. The van der Waals surface area contributed by atoms with Gasteiger partial charge in [-0.05, 0) is 12.0 Å². The topological polar surface area (TPSA) is 35.8 Å². The van der Waals surface area contributed by atoms with Crippen LogP contribution in [0.5, 0.6) is 0 Å². The molecule has 1 rings (SSSR count). The molecule has 0 saturated carbocycles. The Morgan fingerprint density at radius 1 is 1.38 bits per heavy atom. The van der Waals surface area contributed by atoms with Crippen LogP contribution < -0.4 is 11.1 Å². The monoisotopic (exact) mass is 175 g/mol. The lowest BCUT2D eigenvalue weighted by molar-refractivity contribution is 0.600. The van der Waals surface area contributed by atoms with Gasteiger partial charge in [-0.1, -0.05) is 36.4 Å². The van der Waals surface area contributed by atoms with Crippen LogP contribution in [0.25, 0.3) is 0 Å². The maximum Gasteiger partial charge on any atom is 0.0891 e. The summed E-state index contributed by atoms with van der Waals surface area (Å²) in [5, 5.41) is 3.03. The standard InChI is InChI=1S/C11H15N2/c1-2-11(12)13-9-8-10-6-4-3-5-7-10/h2-7,11-13H,1,8-9H2. The van der Waals surface area contributed by atoms with E-state index in [0.29, 0.717) is 0 Å². The van der Waals surface area contributed by atoms with Crippen molar-refractivity contribution >= 4 is 0 Å². The van der Waals surface area contributed by atoms with Crippen molar-refractivity contribution in [3.63, 3.8) is 0 Å². The lowest BCUT2D eigenvalue weighted by Crippen LogP contribution is -2.29. The molecule has 0 aliphatic heterocycles. The van der Waals surface area contributed by atoms with E-state index in [4.69, 9.17) is 5.73 Å². The fourth-order valence-corrected chi connectivity index (χ4v) is 1.10. The third-order valence-electron chi connectivity index (χ3n) is 1.86. The van der Waals surface area contributed by atoms with Crippen LogP contribution in [0.1, 0.15) is 5.56 Å². The quantitative estimate of drug-likeness (QED) is 0.678. The molecule has 1 atom stereocenters. The molecule has 0 aliphatic carbocycles. The zero-order chi connectivity index (χ0) is 9.52. The summed E-state index contributed by atoms with van der Waals surface area (Å²) < 4.78 is 0. The molecule has 2 N–H and O–H groups in total. The van der Waals surface area contributed by atoms with Gasteiger partial charge in [0.2, 0.25) is 0 Å². The minimum atomic E-state index is -0.344. The normalized spacial score (nSPS) is 12.4. The van der Waals surface area contributed by atoms with Crippen molar-refractivity contribution < 1.29 is 0 Å². The van der Waals surface area contributed by atoms with E-state index in [2.05, 4.69) is 24.0 Å². The Balaban J connectivity index is 2.24. The third kappa shape index (κ3) is 3.87. The van der Waals surface area contributed by atoms with Gasteiger partial charge in [-0.3, -0.25) is 5.32 Å². The van der Waals surface area contributed by atoms with Gasteiger partial charge in [0.1, 0.15) is 0 Å². The van der Waals surface area contributed by atoms with Gasteiger partial charge >= 0.3 is 0 Å². The average Bonchev–Trinajstić information content (AvgIpc) is 2.19. The van der Waals surface area contributed by atoms with Crippen molar-refractivity contribution in [1.29, 1.82) is 0 Å². The third-order valence-corrected chi connectivity index (χ3v) is 1.86. The van der Waals surface area contributed by atoms with Crippen LogP contribution in [-0.2, 0) is 6.42 Å². The van der Waals surface area contributed by atoms with Crippen molar-refractivity contribution in [2.24, 2.45) is 0 Å². The van der Waals surface area contributed by atoms with Gasteiger partial charge in [0.15, 0.2) is 0 Å². The van der Waals surface area contributed by atoms with Crippen LogP contribution in [0.15, 0.2) is 43.0 Å². The lowest BCUT2D eigenvalue weighted by atomic mass is 10.1. The molecule has 0 amide bonds. The van der Waals surface area contributed by atoms with Gasteiger partial charge in [-0.25, -0.2) is 5.73 Å². The Morgan fingerprint density at radius 2 is 2.08 bits per heavy atom. The number of benzene rings is 1. The zero-order valence-electron chi connectivity index (χ0n) is 7.66. The van der Waals surface area contributed by atoms with E-state index >= 15 is 0 Å². The smallest absolute Gasteiger partial charge is 0.0891 e. The van der Waals surface area contributed by atoms with Crippen LogP contribution in [0.4, 0.5) is 0 Å². The molecule has 0 fully saturated rings. The van der Waals surface area contributed by atoms with E-state index in [1.54, 1.807) is 6.08 Å². The highest BCUT2D eigenvalue weighted by atomic mass is 15.0. The van der Waals surface area contributed by atoms with E-state index in [0.717, 1.165) is 13.0 Å². The molecule has 13 heavy (non-hydrogen) atoms. The molecule has 0 spiro atoms. The van der Waals surface area contributed by atoms with Gasteiger partial charge in [-0.15, -0.1) is 6.58 Å². The van der Waals surface area contributed by atoms with Gasteiger partial charge in [-0.2, -0.15) is 0 Å². The highest BCUT2D eigenvalue weighted by Gasteiger charge is 1.95.